The van der Waals surface area contributed by atoms with Gasteiger partial charge in [0.15, 0.2) is 0 Å². The first-order valence-corrected chi connectivity index (χ1v) is 6.34. The average Bonchev–Trinajstić information content (AvgIpc) is 2.12. The third-order valence-electron chi connectivity index (χ3n) is 2.73. The van der Waals surface area contributed by atoms with Crippen LogP contribution < -0.4 is 0 Å². The van der Waals surface area contributed by atoms with Crippen LogP contribution in [-0.2, 0) is 10.1 Å². The summed E-state index contributed by atoms with van der Waals surface area (Å²) >= 11 is 0. The van der Waals surface area contributed by atoms with Crippen LogP contribution in [0.4, 0.5) is 11.4 Å². The SMILES string of the molecule is Cc1c([N+](=O)[O-])c(C)c(S(=O)(=O)O)c(C)c1[N+](=O)[O-].[Na]. The smallest absolute Gasteiger partial charge is 0.282 e. The molecule has 0 aliphatic carbocycles. The van der Waals surface area contributed by atoms with Crippen LogP contribution in [0.25, 0.3) is 0 Å². The molecule has 0 unspecified atom stereocenters. The molecule has 9 nitrogen and oxygen atoms in total. The molecule has 0 aliphatic heterocycles. The molecule has 11 heteroatoms. The Balaban J connectivity index is 0.00000361. The van der Waals surface area contributed by atoms with Gasteiger partial charge < -0.3 is 0 Å². The molecule has 0 heterocycles. The van der Waals surface area contributed by atoms with Crippen molar-refractivity contribution in [2.45, 2.75) is 25.7 Å². The van der Waals surface area contributed by atoms with Crippen molar-refractivity contribution in [2.24, 2.45) is 0 Å². The third-order valence-corrected chi connectivity index (χ3v) is 3.85. The zero-order valence-electron chi connectivity index (χ0n) is 11.2. The molecule has 1 radical (unpaired) electrons. The van der Waals surface area contributed by atoms with Crippen molar-refractivity contribution in [3.63, 3.8) is 0 Å². The van der Waals surface area contributed by atoms with Gasteiger partial charge in [0, 0.05) is 40.7 Å². The maximum absolute atomic E-state index is 11.2. The van der Waals surface area contributed by atoms with Gasteiger partial charge in [-0.2, -0.15) is 8.42 Å². The van der Waals surface area contributed by atoms with Gasteiger partial charge in [-0.3, -0.25) is 24.8 Å². The predicted molar refractivity (Wildman–Crippen MR) is 69.5 cm³/mol. The molecular formula is C9H10N2NaO7S. The first kappa shape index (κ1) is 18.9. The number of benzene rings is 1. The van der Waals surface area contributed by atoms with E-state index in [0.717, 1.165) is 20.8 Å². The van der Waals surface area contributed by atoms with E-state index in [-0.39, 0.29) is 46.2 Å². The fourth-order valence-electron chi connectivity index (χ4n) is 2.11. The molecule has 0 bridgehead atoms. The van der Waals surface area contributed by atoms with E-state index in [4.69, 9.17) is 4.55 Å². The van der Waals surface area contributed by atoms with Crippen LogP contribution >= 0.6 is 0 Å². The molecule has 1 rings (SSSR count). The van der Waals surface area contributed by atoms with Crippen LogP contribution in [0.3, 0.4) is 0 Å². The van der Waals surface area contributed by atoms with Gasteiger partial charge in [0.25, 0.3) is 21.5 Å². The van der Waals surface area contributed by atoms with Gasteiger partial charge in [0.1, 0.15) is 10.5 Å². The molecule has 0 atom stereocenters. The van der Waals surface area contributed by atoms with Crippen LogP contribution in [0.1, 0.15) is 16.7 Å². The van der Waals surface area contributed by atoms with Gasteiger partial charge >= 0.3 is 0 Å². The summed E-state index contributed by atoms with van der Waals surface area (Å²) in [5.74, 6) is 0. The molecule has 105 valence electrons. The zero-order valence-corrected chi connectivity index (χ0v) is 14.0. The van der Waals surface area contributed by atoms with E-state index in [1.165, 1.54) is 0 Å². The maximum atomic E-state index is 11.2. The number of nitro benzene ring substituents is 2. The van der Waals surface area contributed by atoms with Crippen molar-refractivity contribution in [1.29, 1.82) is 0 Å². The number of nitro groups is 2. The van der Waals surface area contributed by atoms with Crippen molar-refractivity contribution in [2.75, 3.05) is 0 Å². The first-order chi connectivity index (χ1) is 8.50. The fraction of sp³-hybridized carbons (Fsp3) is 0.333. The number of hydrogen-bond acceptors (Lipinski definition) is 6. The van der Waals surface area contributed by atoms with Gasteiger partial charge in [-0.15, -0.1) is 0 Å². The van der Waals surface area contributed by atoms with Crippen LogP contribution in [0.2, 0.25) is 0 Å². The zero-order chi connectivity index (χ0) is 15.1. The Kier molecular flexibility index (Phi) is 5.81. The quantitative estimate of drug-likeness (QED) is 0.383. The molecule has 0 aromatic heterocycles. The molecule has 0 fully saturated rings. The molecule has 0 saturated heterocycles. The largest absolute Gasteiger partial charge is 0.295 e. The topological polar surface area (TPSA) is 141 Å². The predicted octanol–water partition coefficient (Wildman–Crippen LogP) is 1.29. The number of rotatable bonds is 3. The van der Waals surface area contributed by atoms with E-state index in [9.17, 15) is 28.6 Å². The summed E-state index contributed by atoms with van der Waals surface area (Å²) < 4.78 is 31.6. The van der Waals surface area contributed by atoms with Crippen LogP contribution in [-0.4, -0.2) is 52.4 Å². The van der Waals surface area contributed by atoms with Crippen LogP contribution in [0, 0.1) is 41.0 Å². The Bertz CT molecular complexity index is 658. The van der Waals surface area contributed by atoms with Gasteiger partial charge in [-0.1, -0.05) is 0 Å². The molecule has 1 N–H and O–H groups in total. The summed E-state index contributed by atoms with van der Waals surface area (Å²) in [5, 5.41) is 21.8. The molecule has 0 amide bonds. The Morgan fingerprint density at radius 2 is 1.20 bits per heavy atom. The minimum absolute atomic E-state index is 0. The summed E-state index contributed by atoms with van der Waals surface area (Å²) in [6.45, 7) is 3.39. The summed E-state index contributed by atoms with van der Waals surface area (Å²) in [6, 6.07) is 0. The molecule has 1 aromatic carbocycles. The van der Waals surface area contributed by atoms with E-state index < -0.39 is 36.2 Å². The van der Waals surface area contributed by atoms with E-state index in [1.807, 2.05) is 0 Å². The first-order valence-electron chi connectivity index (χ1n) is 4.90. The standard InChI is InChI=1S/C9H10N2O7S.Na/c1-4-7(10(12)13)5(2)9(19(16,17)18)6(3)8(4)11(14)15;/h1-3H3,(H,16,17,18);. The van der Waals surface area contributed by atoms with Crippen molar-refractivity contribution >= 4 is 51.1 Å². The van der Waals surface area contributed by atoms with Gasteiger partial charge in [0.2, 0.25) is 0 Å². The van der Waals surface area contributed by atoms with E-state index in [2.05, 4.69) is 0 Å². The second kappa shape index (κ2) is 6.14. The average molecular weight is 313 g/mol. The van der Waals surface area contributed by atoms with Gasteiger partial charge in [-0.05, 0) is 20.8 Å². The molecule has 1 aromatic rings. The minimum Gasteiger partial charge on any atom is -0.282 e. The molecule has 20 heavy (non-hydrogen) atoms. The maximum Gasteiger partial charge on any atom is 0.295 e. The Hall–Kier alpha value is -1.07. The third kappa shape index (κ3) is 3.15. The summed E-state index contributed by atoms with van der Waals surface area (Å²) in [5.41, 5.74) is -2.28. The number of nitrogens with zero attached hydrogens (tertiary/aromatic N) is 2. The monoisotopic (exact) mass is 313 g/mol. The summed E-state index contributed by atoms with van der Waals surface area (Å²) in [6.07, 6.45) is 0. The van der Waals surface area contributed by atoms with Gasteiger partial charge in [-0.25, -0.2) is 0 Å². The summed E-state index contributed by atoms with van der Waals surface area (Å²) in [4.78, 5) is 19.2. The van der Waals surface area contributed by atoms with Gasteiger partial charge in [0.05, 0.1) is 9.85 Å². The Labute approximate surface area is 136 Å². The Morgan fingerprint density at radius 3 is 1.40 bits per heavy atom. The van der Waals surface area contributed by atoms with Crippen LogP contribution in [0.5, 0.6) is 0 Å². The van der Waals surface area contributed by atoms with E-state index in [1.54, 1.807) is 0 Å². The normalized spacial score (nSPS) is 10.8. The minimum atomic E-state index is -4.80. The molecule has 0 saturated carbocycles. The van der Waals surface area contributed by atoms with Crippen molar-refractivity contribution < 1.29 is 22.8 Å². The second-order valence-corrected chi connectivity index (χ2v) is 5.25. The number of hydrogen-bond donors (Lipinski definition) is 1. The second-order valence-electron chi connectivity index (χ2n) is 3.89. The van der Waals surface area contributed by atoms with Crippen LogP contribution in [0.15, 0.2) is 4.90 Å². The van der Waals surface area contributed by atoms with Crippen molar-refractivity contribution in [1.82, 2.24) is 0 Å². The van der Waals surface area contributed by atoms with Crippen molar-refractivity contribution in [3.05, 3.63) is 36.9 Å². The van der Waals surface area contributed by atoms with E-state index >= 15 is 0 Å². The fourth-order valence-corrected chi connectivity index (χ4v) is 3.07. The van der Waals surface area contributed by atoms with Crippen molar-refractivity contribution in [3.8, 4) is 0 Å². The van der Waals surface area contributed by atoms with E-state index in [0.29, 0.717) is 0 Å². The Morgan fingerprint density at radius 1 is 0.900 bits per heavy atom. The summed E-state index contributed by atoms with van der Waals surface area (Å²) in [7, 11) is -4.80. The molecule has 0 aliphatic rings. The molecule has 0 spiro atoms. The molecular weight excluding hydrogens is 303 g/mol.